The van der Waals surface area contributed by atoms with E-state index in [1.54, 1.807) is 18.2 Å². The minimum Gasteiger partial charge on any atom is -0.508 e. The molecular weight excluding hydrogens is 196 g/mol. The van der Waals surface area contributed by atoms with E-state index in [9.17, 15) is 5.11 Å². The lowest BCUT2D eigenvalue weighted by Crippen LogP contribution is -1.94. The van der Waals surface area contributed by atoms with Crippen LogP contribution < -0.4 is 10.5 Å². The summed E-state index contributed by atoms with van der Waals surface area (Å²) in [7, 11) is 0. The van der Waals surface area contributed by atoms with E-state index >= 15 is 0 Å². The number of aromatic hydroxyl groups is 1. The number of nitrogen functional groups attached to an aromatic ring is 1. The number of benzene rings is 1. The number of phenols is 1. The van der Waals surface area contributed by atoms with E-state index in [-0.39, 0.29) is 18.2 Å². The molecular formula is C10H10N2O3. The van der Waals surface area contributed by atoms with Crippen LogP contribution in [0.25, 0.3) is 0 Å². The third-order valence-corrected chi connectivity index (χ3v) is 1.75. The average Bonchev–Trinajstić information content (AvgIpc) is 2.62. The van der Waals surface area contributed by atoms with E-state index in [0.29, 0.717) is 11.6 Å². The lowest BCUT2D eigenvalue weighted by atomic mass is 10.3. The number of hydrogen-bond acceptors (Lipinski definition) is 5. The minimum atomic E-state index is 0.152. The zero-order valence-corrected chi connectivity index (χ0v) is 7.88. The molecule has 78 valence electrons. The highest BCUT2D eigenvalue weighted by Crippen LogP contribution is 2.18. The number of anilines is 1. The first kappa shape index (κ1) is 9.39. The van der Waals surface area contributed by atoms with Gasteiger partial charge in [0.25, 0.3) is 0 Å². The van der Waals surface area contributed by atoms with Crippen molar-refractivity contribution in [2.45, 2.75) is 6.61 Å². The van der Waals surface area contributed by atoms with Crippen LogP contribution in [0.4, 0.5) is 5.88 Å². The van der Waals surface area contributed by atoms with Crippen LogP contribution in [0.2, 0.25) is 0 Å². The van der Waals surface area contributed by atoms with Crippen LogP contribution in [0.1, 0.15) is 5.89 Å². The standard InChI is InChI=1S/C10H10N2O3/c11-9-5-12-10(15-9)6-14-8-3-1-2-7(13)4-8/h1-5,13H,6,11H2. The summed E-state index contributed by atoms with van der Waals surface area (Å²) < 4.78 is 10.3. The van der Waals surface area contributed by atoms with Crippen molar-refractivity contribution in [3.63, 3.8) is 0 Å². The lowest BCUT2D eigenvalue weighted by molar-refractivity contribution is 0.264. The fourth-order valence-electron chi connectivity index (χ4n) is 1.11. The zero-order chi connectivity index (χ0) is 10.7. The molecule has 1 heterocycles. The van der Waals surface area contributed by atoms with Crippen LogP contribution >= 0.6 is 0 Å². The molecule has 0 bridgehead atoms. The average molecular weight is 206 g/mol. The van der Waals surface area contributed by atoms with Crippen molar-refractivity contribution in [3.8, 4) is 11.5 Å². The molecule has 0 saturated carbocycles. The van der Waals surface area contributed by atoms with Gasteiger partial charge in [-0.3, -0.25) is 0 Å². The van der Waals surface area contributed by atoms with Gasteiger partial charge in [0.05, 0.1) is 6.20 Å². The van der Waals surface area contributed by atoms with E-state index in [0.717, 1.165) is 0 Å². The van der Waals surface area contributed by atoms with Gasteiger partial charge in [0.15, 0.2) is 6.61 Å². The Labute approximate surface area is 86.1 Å². The van der Waals surface area contributed by atoms with Crippen LogP contribution in [0.3, 0.4) is 0 Å². The molecule has 15 heavy (non-hydrogen) atoms. The summed E-state index contributed by atoms with van der Waals surface area (Å²) >= 11 is 0. The van der Waals surface area contributed by atoms with Gasteiger partial charge in [-0.2, -0.15) is 0 Å². The van der Waals surface area contributed by atoms with Crippen LogP contribution in [-0.4, -0.2) is 10.1 Å². The van der Waals surface area contributed by atoms with Gasteiger partial charge < -0.3 is 20.0 Å². The van der Waals surface area contributed by atoms with Gasteiger partial charge in [-0.25, -0.2) is 4.98 Å². The Morgan fingerprint density at radius 1 is 1.47 bits per heavy atom. The second-order valence-electron chi connectivity index (χ2n) is 2.94. The maximum atomic E-state index is 9.18. The molecule has 0 atom stereocenters. The molecule has 3 N–H and O–H groups in total. The van der Waals surface area contributed by atoms with Crippen molar-refractivity contribution in [2.75, 3.05) is 5.73 Å². The Hall–Kier alpha value is -2.17. The number of oxazole rings is 1. The molecule has 0 saturated heterocycles. The number of phenolic OH excluding ortho intramolecular Hbond substituents is 1. The minimum absolute atomic E-state index is 0.152. The maximum Gasteiger partial charge on any atom is 0.234 e. The normalized spacial score (nSPS) is 10.1. The van der Waals surface area contributed by atoms with Gasteiger partial charge in [0.1, 0.15) is 11.5 Å². The van der Waals surface area contributed by atoms with Gasteiger partial charge in [0, 0.05) is 6.07 Å². The number of ether oxygens (including phenoxy) is 1. The predicted octanol–water partition coefficient (Wildman–Crippen LogP) is 1.54. The fraction of sp³-hybridized carbons (Fsp3) is 0.100. The predicted molar refractivity (Wildman–Crippen MR) is 53.4 cm³/mol. The lowest BCUT2D eigenvalue weighted by Gasteiger charge is -2.02. The molecule has 0 amide bonds. The first-order valence-corrected chi connectivity index (χ1v) is 4.36. The Bertz CT molecular complexity index is 453. The quantitative estimate of drug-likeness (QED) is 0.796. The van der Waals surface area contributed by atoms with Gasteiger partial charge in [-0.05, 0) is 12.1 Å². The third-order valence-electron chi connectivity index (χ3n) is 1.75. The SMILES string of the molecule is Nc1cnc(COc2cccc(O)c2)o1. The second-order valence-corrected chi connectivity index (χ2v) is 2.94. The Morgan fingerprint density at radius 3 is 3.00 bits per heavy atom. The molecule has 0 aliphatic carbocycles. The monoisotopic (exact) mass is 206 g/mol. The van der Waals surface area contributed by atoms with Crippen molar-refractivity contribution in [3.05, 3.63) is 36.4 Å². The van der Waals surface area contributed by atoms with Crippen molar-refractivity contribution in [1.82, 2.24) is 4.98 Å². The van der Waals surface area contributed by atoms with E-state index in [4.69, 9.17) is 14.9 Å². The highest BCUT2D eigenvalue weighted by Gasteiger charge is 2.02. The highest BCUT2D eigenvalue weighted by atomic mass is 16.5. The van der Waals surface area contributed by atoms with Crippen molar-refractivity contribution < 1.29 is 14.3 Å². The molecule has 0 aliphatic rings. The summed E-state index contributed by atoms with van der Waals surface area (Å²) in [4.78, 5) is 3.87. The maximum absolute atomic E-state index is 9.18. The zero-order valence-electron chi connectivity index (χ0n) is 7.88. The first-order chi connectivity index (χ1) is 7.24. The molecule has 0 radical (unpaired) electrons. The summed E-state index contributed by atoms with van der Waals surface area (Å²) in [6.45, 7) is 0.181. The number of nitrogens with zero attached hydrogens (tertiary/aromatic N) is 1. The van der Waals surface area contributed by atoms with E-state index in [1.165, 1.54) is 12.3 Å². The topological polar surface area (TPSA) is 81.5 Å². The van der Waals surface area contributed by atoms with Gasteiger partial charge in [0.2, 0.25) is 11.8 Å². The summed E-state index contributed by atoms with van der Waals surface area (Å²) in [5, 5.41) is 9.18. The van der Waals surface area contributed by atoms with E-state index < -0.39 is 0 Å². The van der Waals surface area contributed by atoms with Gasteiger partial charge in [-0.1, -0.05) is 6.07 Å². The molecule has 0 aliphatic heterocycles. The van der Waals surface area contributed by atoms with Crippen molar-refractivity contribution >= 4 is 5.88 Å². The second kappa shape index (κ2) is 3.91. The van der Waals surface area contributed by atoms with E-state index in [1.807, 2.05) is 0 Å². The Morgan fingerprint density at radius 2 is 2.33 bits per heavy atom. The molecule has 5 heteroatoms. The Balaban J connectivity index is 1.99. The molecule has 1 aromatic heterocycles. The molecule has 2 rings (SSSR count). The van der Waals surface area contributed by atoms with Crippen molar-refractivity contribution in [2.24, 2.45) is 0 Å². The van der Waals surface area contributed by atoms with Gasteiger partial charge in [-0.15, -0.1) is 0 Å². The largest absolute Gasteiger partial charge is 0.508 e. The smallest absolute Gasteiger partial charge is 0.234 e. The summed E-state index contributed by atoms with van der Waals surface area (Å²) in [5.41, 5.74) is 5.35. The summed E-state index contributed by atoms with van der Waals surface area (Å²) in [6.07, 6.45) is 1.42. The first-order valence-electron chi connectivity index (χ1n) is 4.36. The molecule has 2 aromatic rings. The highest BCUT2D eigenvalue weighted by molar-refractivity contribution is 5.31. The van der Waals surface area contributed by atoms with Crippen LogP contribution in [0.5, 0.6) is 11.5 Å². The van der Waals surface area contributed by atoms with Crippen LogP contribution in [-0.2, 0) is 6.61 Å². The third kappa shape index (κ3) is 2.40. The van der Waals surface area contributed by atoms with Crippen molar-refractivity contribution in [1.29, 1.82) is 0 Å². The summed E-state index contributed by atoms with van der Waals surface area (Å²) in [5.74, 6) is 1.35. The van der Waals surface area contributed by atoms with E-state index in [2.05, 4.69) is 4.98 Å². The fourth-order valence-corrected chi connectivity index (χ4v) is 1.11. The Kier molecular flexibility index (Phi) is 2.45. The number of aromatic nitrogens is 1. The molecule has 0 unspecified atom stereocenters. The molecule has 0 fully saturated rings. The number of hydrogen-bond donors (Lipinski definition) is 2. The molecule has 5 nitrogen and oxygen atoms in total. The number of rotatable bonds is 3. The van der Waals surface area contributed by atoms with Crippen LogP contribution in [0, 0.1) is 0 Å². The summed E-state index contributed by atoms with van der Waals surface area (Å²) in [6, 6.07) is 6.49. The molecule has 0 spiro atoms. The number of nitrogens with two attached hydrogens (primary N) is 1. The van der Waals surface area contributed by atoms with Crippen LogP contribution in [0.15, 0.2) is 34.9 Å². The molecule has 1 aromatic carbocycles. The van der Waals surface area contributed by atoms with Gasteiger partial charge >= 0.3 is 0 Å².